The molecule has 3 heteroatoms. The van der Waals surface area contributed by atoms with E-state index in [4.69, 9.17) is 4.74 Å². The van der Waals surface area contributed by atoms with E-state index in [0.717, 1.165) is 19.1 Å². The number of piperazine rings is 1. The van der Waals surface area contributed by atoms with Crippen molar-refractivity contribution in [2.24, 2.45) is 5.92 Å². The molecule has 1 heterocycles. The lowest BCUT2D eigenvalue weighted by Gasteiger charge is -2.49. The summed E-state index contributed by atoms with van der Waals surface area (Å²) in [6.45, 7) is 10.1. The minimum atomic E-state index is 0.142. The fraction of sp³-hybridized carbons (Fsp3) is 1.00. The molecule has 112 valence electrons. The Labute approximate surface area is 119 Å². The molecule has 0 aromatic heterocycles. The van der Waals surface area contributed by atoms with Crippen LogP contribution in [0.15, 0.2) is 0 Å². The van der Waals surface area contributed by atoms with Crippen LogP contribution in [0.1, 0.15) is 52.9 Å². The molecule has 0 aromatic rings. The van der Waals surface area contributed by atoms with Crippen molar-refractivity contribution in [2.45, 2.75) is 70.5 Å². The molecule has 0 amide bonds. The zero-order valence-electron chi connectivity index (χ0n) is 13.2. The summed E-state index contributed by atoms with van der Waals surface area (Å²) in [5.74, 6) is 0.891. The minimum Gasteiger partial charge on any atom is -0.383 e. The molecule has 19 heavy (non-hydrogen) atoms. The maximum atomic E-state index is 5.43. The third-order valence-corrected chi connectivity index (χ3v) is 5.09. The number of nitrogens with one attached hydrogen (secondary N) is 1. The molecule has 2 unspecified atom stereocenters. The molecular formula is C16H32N2O. The first-order valence-corrected chi connectivity index (χ1v) is 8.03. The molecule has 2 atom stereocenters. The van der Waals surface area contributed by atoms with Gasteiger partial charge in [0.25, 0.3) is 0 Å². The van der Waals surface area contributed by atoms with Gasteiger partial charge in [0.2, 0.25) is 0 Å². The van der Waals surface area contributed by atoms with Crippen molar-refractivity contribution < 1.29 is 4.74 Å². The largest absolute Gasteiger partial charge is 0.383 e. The average Bonchev–Trinajstić information content (AvgIpc) is 2.40. The highest BCUT2D eigenvalue weighted by molar-refractivity contribution is 4.95. The molecule has 1 N–H and O–H groups in total. The number of methoxy groups -OCH3 is 1. The van der Waals surface area contributed by atoms with E-state index in [0.29, 0.717) is 12.1 Å². The summed E-state index contributed by atoms with van der Waals surface area (Å²) in [6.07, 6.45) is 7.15. The molecule has 1 saturated carbocycles. The van der Waals surface area contributed by atoms with Gasteiger partial charge in [-0.3, -0.25) is 4.90 Å². The van der Waals surface area contributed by atoms with Gasteiger partial charge in [-0.2, -0.15) is 0 Å². The Morgan fingerprint density at radius 3 is 2.53 bits per heavy atom. The summed E-state index contributed by atoms with van der Waals surface area (Å²) in [5.41, 5.74) is 0.142. The predicted octanol–water partition coefficient (Wildman–Crippen LogP) is 2.65. The maximum absolute atomic E-state index is 5.43. The van der Waals surface area contributed by atoms with E-state index >= 15 is 0 Å². The van der Waals surface area contributed by atoms with Gasteiger partial charge in [-0.15, -0.1) is 0 Å². The van der Waals surface area contributed by atoms with Gasteiger partial charge in [0.05, 0.1) is 6.61 Å². The standard InChI is InChI=1S/C16H32N2O/c1-13-10-17-15(14-8-6-5-7-9-14)11-18(13)16(2,3)12-19-4/h13-15,17H,5-12H2,1-4H3. The zero-order chi connectivity index (χ0) is 13.9. The zero-order valence-corrected chi connectivity index (χ0v) is 13.2. The number of ether oxygens (including phenoxy) is 1. The van der Waals surface area contributed by atoms with Crippen LogP contribution in [0.25, 0.3) is 0 Å². The van der Waals surface area contributed by atoms with E-state index in [1.54, 1.807) is 0 Å². The minimum absolute atomic E-state index is 0.142. The molecule has 0 spiro atoms. The van der Waals surface area contributed by atoms with Gasteiger partial charge in [-0.05, 0) is 39.5 Å². The summed E-state index contributed by atoms with van der Waals surface area (Å²) in [7, 11) is 1.81. The summed E-state index contributed by atoms with van der Waals surface area (Å²) in [5, 5.41) is 3.80. The molecule has 0 aromatic carbocycles. The van der Waals surface area contributed by atoms with E-state index in [9.17, 15) is 0 Å². The molecule has 2 fully saturated rings. The summed E-state index contributed by atoms with van der Waals surface area (Å²) >= 11 is 0. The lowest BCUT2D eigenvalue weighted by atomic mass is 9.82. The average molecular weight is 268 g/mol. The molecule has 2 aliphatic rings. The number of rotatable bonds is 4. The third kappa shape index (κ3) is 3.71. The van der Waals surface area contributed by atoms with Crippen molar-refractivity contribution in [1.29, 1.82) is 0 Å². The monoisotopic (exact) mass is 268 g/mol. The highest BCUT2D eigenvalue weighted by Crippen LogP contribution is 2.30. The van der Waals surface area contributed by atoms with Crippen molar-refractivity contribution in [1.82, 2.24) is 10.2 Å². The van der Waals surface area contributed by atoms with E-state index in [-0.39, 0.29) is 5.54 Å². The van der Waals surface area contributed by atoms with Gasteiger partial charge >= 0.3 is 0 Å². The van der Waals surface area contributed by atoms with Crippen LogP contribution < -0.4 is 5.32 Å². The first-order valence-electron chi connectivity index (χ1n) is 8.03. The fourth-order valence-corrected chi connectivity index (χ4v) is 4.02. The molecule has 3 nitrogen and oxygen atoms in total. The Balaban J connectivity index is 1.98. The summed E-state index contributed by atoms with van der Waals surface area (Å²) < 4.78 is 5.43. The van der Waals surface area contributed by atoms with Crippen molar-refractivity contribution in [2.75, 3.05) is 26.8 Å². The van der Waals surface area contributed by atoms with Crippen molar-refractivity contribution in [3.63, 3.8) is 0 Å². The van der Waals surface area contributed by atoms with Crippen LogP contribution in [0, 0.1) is 5.92 Å². The number of nitrogens with zero attached hydrogens (tertiary/aromatic N) is 1. The van der Waals surface area contributed by atoms with E-state index in [2.05, 4.69) is 31.0 Å². The number of hydrogen-bond acceptors (Lipinski definition) is 3. The SMILES string of the molecule is COCC(C)(C)N1CC(C2CCCCC2)NCC1C. The normalized spacial score (nSPS) is 31.6. The van der Waals surface area contributed by atoms with Crippen molar-refractivity contribution >= 4 is 0 Å². The van der Waals surface area contributed by atoms with Gasteiger partial charge in [0.15, 0.2) is 0 Å². The molecule has 1 saturated heterocycles. The van der Waals surface area contributed by atoms with Gasteiger partial charge in [0.1, 0.15) is 0 Å². The van der Waals surface area contributed by atoms with Crippen LogP contribution in [0.3, 0.4) is 0 Å². The first kappa shape index (κ1) is 15.3. The molecule has 2 rings (SSSR count). The Bertz CT molecular complexity index is 274. The second-order valence-corrected chi connectivity index (χ2v) is 7.16. The van der Waals surface area contributed by atoms with Gasteiger partial charge < -0.3 is 10.1 Å². The van der Waals surface area contributed by atoms with Gasteiger partial charge in [-0.1, -0.05) is 19.3 Å². The Morgan fingerprint density at radius 2 is 1.89 bits per heavy atom. The fourth-order valence-electron chi connectivity index (χ4n) is 4.02. The second kappa shape index (κ2) is 6.55. The molecule has 1 aliphatic carbocycles. The summed E-state index contributed by atoms with van der Waals surface area (Å²) in [4.78, 5) is 2.66. The smallest absolute Gasteiger partial charge is 0.0641 e. The van der Waals surface area contributed by atoms with Crippen LogP contribution in [0.5, 0.6) is 0 Å². The maximum Gasteiger partial charge on any atom is 0.0641 e. The van der Waals surface area contributed by atoms with Crippen LogP contribution >= 0.6 is 0 Å². The van der Waals surface area contributed by atoms with Crippen LogP contribution in [-0.2, 0) is 4.74 Å². The third-order valence-electron chi connectivity index (χ3n) is 5.09. The van der Waals surface area contributed by atoms with E-state index in [1.807, 2.05) is 7.11 Å². The lowest BCUT2D eigenvalue weighted by Crippen LogP contribution is -2.64. The van der Waals surface area contributed by atoms with E-state index in [1.165, 1.54) is 38.6 Å². The molecule has 0 radical (unpaired) electrons. The van der Waals surface area contributed by atoms with Gasteiger partial charge in [0, 0.05) is 37.8 Å². The van der Waals surface area contributed by atoms with E-state index < -0.39 is 0 Å². The van der Waals surface area contributed by atoms with Gasteiger partial charge in [-0.25, -0.2) is 0 Å². The van der Waals surface area contributed by atoms with Crippen molar-refractivity contribution in [3.05, 3.63) is 0 Å². The Morgan fingerprint density at radius 1 is 1.21 bits per heavy atom. The van der Waals surface area contributed by atoms with Crippen LogP contribution in [0.2, 0.25) is 0 Å². The molecule has 1 aliphatic heterocycles. The molecular weight excluding hydrogens is 236 g/mol. The Kier molecular flexibility index (Phi) is 5.27. The highest BCUT2D eigenvalue weighted by Gasteiger charge is 2.37. The topological polar surface area (TPSA) is 24.5 Å². The second-order valence-electron chi connectivity index (χ2n) is 7.16. The Hall–Kier alpha value is -0.120. The quantitative estimate of drug-likeness (QED) is 0.848. The van der Waals surface area contributed by atoms with Crippen LogP contribution in [-0.4, -0.2) is 49.3 Å². The first-order chi connectivity index (χ1) is 9.04. The van der Waals surface area contributed by atoms with Crippen molar-refractivity contribution in [3.8, 4) is 0 Å². The summed E-state index contributed by atoms with van der Waals surface area (Å²) in [6, 6.07) is 1.29. The number of hydrogen-bond donors (Lipinski definition) is 1. The lowest BCUT2D eigenvalue weighted by molar-refractivity contribution is -0.0205. The predicted molar refractivity (Wildman–Crippen MR) is 80.5 cm³/mol. The molecule has 0 bridgehead atoms. The highest BCUT2D eigenvalue weighted by atomic mass is 16.5. The van der Waals surface area contributed by atoms with Crippen LogP contribution in [0.4, 0.5) is 0 Å².